The molecule has 0 saturated carbocycles. The van der Waals surface area contributed by atoms with Crippen LogP contribution in [0.15, 0.2) is 66.0 Å². The van der Waals surface area contributed by atoms with Gasteiger partial charge >= 0.3 is 0 Å². The zero-order chi connectivity index (χ0) is 21.8. The lowest BCUT2D eigenvalue weighted by atomic mass is 10.2. The summed E-state index contributed by atoms with van der Waals surface area (Å²) in [6.07, 6.45) is 4.94. The van der Waals surface area contributed by atoms with Crippen molar-refractivity contribution in [3.8, 4) is 0 Å². The van der Waals surface area contributed by atoms with Crippen LogP contribution in [0.25, 0.3) is 5.65 Å². The molecule has 4 heterocycles. The number of fused-ring (bicyclic) bond motifs is 3. The summed E-state index contributed by atoms with van der Waals surface area (Å²) in [4.78, 5) is 29.4. The monoisotopic (exact) mass is 435 g/mol. The van der Waals surface area contributed by atoms with Gasteiger partial charge in [-0.15, -0.1) is 0 Å². The molecule has 0 atom stereocenters. The molecule has 2 amide bonds. The Balaban J connectivity index is 1.43. The van der Waals surface area contributed by atoms with Crippen LogP contribution in [0, 0.1) is 6.92 Å². The lowest BCUT2D eigenvalue weighted by molar-refractivity contribution is 0.0949. The van der Waals surface area contributed by atoms with E-state index in [1.54, 1.807) is 6.20 Å². The fourth-order valence-corrected chi connectivity index (χ4v) is 5.05. The Labute approximate surface area is 177 Å². The third-order valence-corrected chi connectivity index (χ3v) is 6.88. The highest BCUT2D eigenvalue weighted by Crippen LogP contribution is 2.29. The number of nitrogens with one attached hydrogen (secondary N) is 2. The summed E-state index contributed by atoms with van der Waals surface area (Å²) in [5.41, 5.74) is 2.93. The van der Waals surface area contributed by atoms with Gasteiger partial charge in [0.15, 0.2) is 0 Å². The molecule has 2 N–H and O–H groups in total. The molecule has 31 heavy (non-hydrogen) atoms. The highest BCUT2D eigenvalue weighted by Gasteiger charge is 2.30. The molecule has 3 aromatic heterocycles. The van der Waals surface area contributed by atoms with Gasteiger partial charge in [-0.25, -0.2) is 17.4 Å². The molecule has 1 aliphatic heterocycles. The average molecular weight is 435 g/mol. The van der Waals surface area contributed by atoms with Crippen molar-refractivity contribution in [2.75, 3.05) is 5.32 Å². The number of benzene rings is 1. The lowest BCUT2D eigenvalue weighted by Crippen LogP contribution is -2.24. The summed E-state index contributed by atoms with van der Waals surface area (Å²) in [6.45, 7) is 2.20. The summed E-state index contributed by atoms with van der Waals surface area (Å²) in [7, 11) is -3.96. The third kappa shape index (κ3) is 3.08. The molecule has 0 saturated heterocycles. The Bertz CT molecular complexity index is 1480. The van der Waals surface area contributed by atoms with Crippen molar-refractivity contribution in [3.63, 3.8) is 0 Å². The molecule has 0 unspecified atom stereocenters. The first-order valence-electron chi connectivity index (χ1n) is 9.44. The second kappa shape index (κ2) is 6.81. The highest BCUT2D eigenvalue weighted by atomic mass is 32.2. The minimum atomic E-state index is -3.96. The number of hydrogen-bond donors (Lipinski definition) is 2. The van der Waals surface area contributed by atoms with Gasteiger partial charge in [-0.2, -0.15) is 0 Å². The molecule has 0 bridgehead atoms. The number of rotatable bonds is 3. The van der Waals surface area contributed by atoms with Crippen molar-refractivity contribution in [1.29, 1.82) is 0 Å². The van der Waals surface area contributed by atoms with Crippen molar-refractivity contribution in [1.82, 2.24) is 18.7 Å². The molecule has 0 aliphatic carbocycles. The van der Waals surface area contributed by atoms with Gasteiger partial charge in [-0.05, 0) is 48.9 Å². The molecule has 4 aromatic rings. The molecular weight excluding hydrogens is 418 g/mol. The van der Waals surface area contributed by atoms with Crippen LogP contribution in [0.1, 0.15) is 32.1 Å². The van der Waals surface area contributed by atoms with E-state index in [2.05, 4.69) is 15.6 Å². The van der Waals surface area contributed by atoms with Crippen LogP contribution in [0.5, 0.6) is 0 Å². The molecule has 1 aromatic carbocycles. The van der Waals surface area contributed by atoms with E-state index in [4.69, 9.17) is 0 Å². The van der Waals surface area contributed by atoms with E-state index in [-0.39, 0.29) is 28.4 Å². The maximum absolute atomic E-state index is 12.9. The Morgan fingerprint density at radius 2 is 2.03 bits per heavy atom. The Morgan fingerprint density at radius 1 is 1.19 bits per heavy atom. The molecule has 9 nitrogen and oxygen atoms in total. The predicted molar refractivity (Wildman–Crippen MR) is 113 cm³/mol. The van der Waals surface area contributed by atoms with Gasteiger partial charge in [0.2, 0.25) is 0 Å². The van der Waals surface area contributed by atoms with E-state index < -0.39 is 21.8 Å². The average Bonchev–Trinajstić information content (AvgIpc) is 3.37. The van der Waals surface area contributed by atoms with Crippen LogP contribution in [0.4, 0.5) is 5.69 Å². The van der Waals surface area contributed by atoms with Crippen molar-refractivity contribution < 1.29 is 18.0 Å². The number of carbonyl (C=O) groups excluding carboxylic acids is 2. The Hall–Kier alpha value is -3.92. The van der Waals surface area contributed by atoms with Gasteiger partial charge in [-0.1, -0.05) is 6.07 Å². The Morgan fingerprint density at radius 3 is 2.87 bits per heavy atom. The van der Waals surface area contributed by atoms with Crippen molar-refractivity contribution in [2.24, 2.45) is 0 Å². The number of aryl methyl sites for hydroxylation is 1. The molecule has 5 rings (SSSR count). The number of amides is 2. The largest absolute Gasteiger partial charge is 0.346 e. The van der Waals surface area contributed by atoms with Gasteiger partial charge in [0.25, 0.3) is 21.8 Å². The molecule has 10 heteroatoms. The quantitative estimate of drug-likeness (QED) is 0.512. The summed E-state index contributed by atoms with van der Waals surface area (Å²) >= 11 is 0. The predicted octanol–water partition coefficient (Wildman–Crippen LogP) is 2.18. The molecule has 0 fully saturated rings. The van der Waals surface area contributed by atoms with Gasteiger partial charge in [0.1, 0.15) is 16.2 Å². The number of anilines is 1. The maximum atomic E-state index is 12.9. The number of carbonyl (C=O) groups is 2. The molecule has 156 valence electrons. The zero-order valence-electron chi connectivity index (χ0n) is 16.4. The zero-order valence-corrected chi connectivity index (χ0v) is 17.2. The fourth-order valence-electron chi connectivity index (χ4n) is 3.58. The van der Waals surface area contributed by atoms with E-state index in [0.717, 1.165) is 20.9 Å². The summed E-state index contributed by atoms with van der Waals surface area (Å²) in [6, 6.07) is 10.9. The standard InChI is InChI=1S/C21H17N5O4S/c1-13-4-7-19-22-10-15(25(19)12-13)11-23-20(27)14-5-6-18-16(9-14)24-21(28)17-3-2-8-26(17)31(18,29)30/h2-10,12H,11H2,1H3,(H,23,27)(H,24,28). The van der Waals surface area contributed by atoms with E-state index >= 15 is 0 Å². The molecular formula is C21H17N5O4S. The third-order valence-electron chi connectivity index (χ3n) is 5.13. The van der Waals surface area contributed by atoms with Crippen molar-refractivity contribution in [3.05, 3.63) is 83.6 Å². The maximum Gasteiger partial charge on any atom is 0.273 e. The smallest absolute Gasteiger partial charge is 0.273 e. The second-order valence-corrected chi connectivity index (χ2v) is 9.01. The van der Waals surface area contributed by atoms with E-state index in [1.807, 2.05) is 29.7 Å². The van der Waals surface area contributed by atoms with Gasteiger partial charge in [0, 0.05) is 18.0 Å². The minimum absolute atomic E-state index is 0.00473. The minimum Gasteiger partial charge on any atom is -0.346 e. The lowest BCUT2D eigenvalue weighted by Gasteiger charge is -2.10. The molecule has 0 spiro atoms. The SMILES string of the molecule is Cc1ccc2ncc(CNC(=O)c3ccc4c(c3)NC(=O)c3cccn3S4(=O)=O)n2c1. The number of aromatic nitrogens is 3. The van der Waals surface area contributed by atoms with Crippen LogP contribution < -0.4 is 10.6 Å². The molecule has 0 radical (unpaired) electrons. The van der Waals surface area contributed by atoms with Crippen molar-refractivity contribution in [2.45, 2.75) is 18.4 Å². The van der Waals surface area contributed by atoms with Gasteiger partial charge < -0.3 is 15.0 Å². The fraction of sp³-hybridized carbons (Fsp3) is 0.0952. The van der Waals surface area contributed by atoms with E-state index in [9.17, 15) is 18.0 Å². The number of hydrogen-bond acceptors (Lipinski definition) is 5. The van der Waals surface area contributed by atoms with Gasteiger partial charge in [-0.3, -0.25) is 9.59 Å². The normalized spacial score (nSPS) is 14.4. The van der Waals surface area contributed by atoms with Crippen molar-refractivity contribution >= 4 is 33.2 Å². The summed E-state index contributed by atoms with van der Waals surface area (Å²) in [5, 5.41) is 5.39. The number of pyridine rings is 1. The van der Waals surface area contributed by atoms with Crippen LogP contribution >= 0.6 is 0 Å². The van der Waals surface area contributed by atoms with Crippen LogP contribution in [-0.2, 0) is 16.6 Å². The second-order valence-electron chi connectivity index (χ2n) is 7.23. The first kappa shape index (κ1) is 19.1. The molecule has 1 aliphatic rings. The topological polar surface area (TPSA) is 115 Å². The number of nitrogens with zero attached hydrogens (tertiary/aromatic N) is 3. The first-order valence-corrected chi connectivity index (χ1v) is 10.9. The van der Waals surface area contributed by atoms with E-state index in [1.165, 1.54) is 36.5 Å². The summed E-state index contributed by atoms with van der Waals surface area (Å²) in [5.74, 6) is -0.966. The van der Waals surface area contributed by atoms with Crippen LogP contribution in [0.3, 0.4) is 0 Å². The Kier molecular flexibility index (Phi) is 4.19. The first-order chi connectivity index (χ1) is 14.8. The summed E-state index contributed by atoms with van der Waals surface area (Å²) < 4.78 is 28.6. The van der Waals surface area contributed by atoms with Crippen LogP contribution in [0.2, 0.25) is 0 Å². The van der Waals surface area contributed by atoms with Crippen LogP contribution in [-0.4, -0.2) is 33.6 Å². The number of imidazole rings is 1. The van der Waals surface area contributed by atoms with Gasteiger partial charge in [0.05, 0.1) is 24.1 Å². The highest BCUT2D eigenvalue weighted by molar-refractivity contribution is 7.90. The van der Waals surface area contributed by atoms with E-state index in [0.29, 0.717) is 0 Å².